The van der Waals surface area contributed by atoms with Gasteiger partial charge in [-0.05, 0) is 19.2 Å². The van der Waals surface area contributed by atoms with Gasteiger partial charge in [0.25, 0.3) is 5.56 Å². The molecular formula is C10H12N2O2. The molecule has 4 heteroatoms. The predicted octanol–water partition coefficient (Wildman–Crippen LogP) is 0.147. The van der Waals surface area contributed by atoms with Crippen molar-refractivity contribution in [2.75, 3.05) is 20.1 Å². The first-order chi connectivity index (χ1) is 6.72. The van der Waals surface area contributed by atoms with Crippen molar-refractivity contribution >= 4 is 6.29 Å². The van der Waals surface area contributed by atoms with Crippen LogP contribution in [-0.4, -0.2) is 35.9 Å². The minimum atomic E-state index is -0.180. The zero-order valence-electron chi connectivity index (χ0n) is 8.01. The number of aromatic nitrogens is 1. The van der Waals surface area contributed by atoms with E-state index in [-0.39, 0.29) is 17.2 Å². The highest BCUT2D eigenvalue weighted by Gasteiger charge is 2.25. The van der Waals surface area contributed by atoms with E-state index in [0.717, 1.165) is 13.1 Å². The molecule has 1 saturated heterocycles. The summed E-state index contributed by atoms with van der Waals surface area (Å²) >= 11 is 0. The number of hydrogen-bond acceptors (Lipinski definition) is 3. The molecule has 0 unspecified atom stereocenters. The van der Waals surface area contributed by atoms with Crippen LogP contribution in [0.2, 0.25) is 0 Å². The molecule has 0 bridgehead atoms. The largest absolute Gasteiger partial charge is 0.309 e. The maximum atomic E-state index is 11.7. The maximum Gasteiger partial charge on any atom is 0.261 e. The number of likely N-dealkylation sites (N-methyl/N-ethyl adjacent to an activating group) is 1. The van der Waals surface area contributed by atoms with E-state index in [0.29, 0.717) is 6.29 Å². The van der Waals surface area contributed by atoms with Crippen LogP contribution in [0.25, 0.3) is 0 Å². The highest BCUT2D eigenvalue weighted by Crippen LogP contribution is 2.16. The topological polar surface area (TPSA) is 42.3 Å². The molecule has 0 aliphatic carbocycles. The highest BCUT2D eigenvalue weighted by molar-refractivity contribution is 5.73. The summed E-state index contributed by atoms with van der Waals surface area (Å²) in [4.78, 5) is 24.3. The molecule has 1 fully saturated rings. The summed E-state index contributed by atoms with van der Waals surface area (Å²) in [7, 11) is 2.01. The van der Waals surface area contributed by atoms with Crippen LogP contribution in [0.1, 0.15) is 16.4 Å². The highest BCUT2D eigenvalue weighted by atomic mass is 16.1. The number of rotatable bonds is 2. The van der Waals surface area contributed by atoms with E-state index in [1.807, 2.05) is 7.05 Å². The summed E-state index contributed by atoms with van der Waals surface area (Å²) < 4.78 is 1.64. The predicted molar refractivity (Wildman–Crippen MR) is 52.6 cm³/mol. The summed E-state index contributed by atoms with van der Waals surface area (Å²) in [5.74, 6) is 0. The van der Waals surface area contributed by atoms with Gasteiger partial charge < -0.3 is 9.47 Å². The first-order valence-electron chi connectivity index (χ1n) is 4.57. The van der Waals surface area contributed by atoms with Crippen molar-refractivity contribution < 1.29 is 4.79 Å². The van der Waals surface area contributed by atoms with Crippen LogP contribution in [0.15, 0.2) is 23.1 Å². The number of hydrogen-bond donors (Lipinski definition) is 0. The smallest absolute Gasteiger partial charge is 0.261 e. The van der Waals surface area contributed by atoms with Crippen LogP contribution in [0.3, 0.4) is 0 Å². The summed E-state index contributed by atoms with van der Waals surface area (Å²) in [5, 5.41) is 0. The van der Waals surface area contributed by atoms with E-state index in [2.05, 4.69) is 4.90 Å². The van der Waals surface area contributed by atoms with Crippen LogP contribution in [0.5, 0.6) is 0 Å². The first-order valence-corrected chi connectivity index (χ1v) is 4.57. The maximum absolute atomic E-state index is 11.7. The molecule has 1 aliphatic rings. The minimum absolute atomic E-state index is 0.180. The third kappa shape index (κ3) is 1.37. The number of nitrogens with zero attached hydrogens (tertiary/aromatic N) is 2. The van der Waals surface area contributed by atoms with Crippen LogP contribution < -0.4 is 5.56 Å². The normalized spacial score (nSPS) is 17.8. The van der Waals surface area contributed by atoms with Crippen LogP contribution in [-0.2, 0) is 0 Å². The second kappa shape index (κ2) is 3.38. The van der Waals surface area contributed by atoms with Gasteiger partial charge in [0.2, 0.25) is 0 Å². The van der Waals surface area contributed by atoms with Gasteiger partial charge in [-0.2, -0.15) is 0 Å². The van der Waals surface area contributed by atoms with Crippen molar-refractivity contribution in [3.05, 3.63) is 34.2 Å². The van der Waals surface area contributed by atoms with E-state index in [9.17, 15) is 9.59 Å². The first kappa shape index (κ1) is 9.15. The Morgan fingerprint density at radius 1 is 1.50 bits per heavy atom. The molecule has 0 N–H and O–H groups in total. The van der Waals surface area contributed by atoms with Gasteiger partial charge in [0.15, 0.2) is 6.29 Å². The van der Waals surface area contributed by atoms with Crippen LogP contribution in [0.4, 0.5) is 0 Å². The molecule has 0 spiro atoms. The Morgan fingerprint density at radius 2 is 2.21 bits per heavy atom. The molecule has 2 heterocycles. The van der Waals surface area contributed by atoms with E-state index in [1.54, 1.807) is 22.9 Å². The van der Waals surface area contributed by atoms with E-state index in [4.69, 9.17) is 0 Å². The van der Waals surface area contributed by atoms with Crippen LogP contribution in [0, 0.1) is 0 Å². The molecule has 0 aromatic carbocycles. The Balaban J connectivity index is 2.35. The van der Waals surface area contributed by atoms with Crippen molar-refractivity contribution in [2.45, 2.75) is 6.04 Å². The van der Waals surface area contributed by atoms with Crippen molar-refractivity contribution in [1.82, 2.24) is 9.47 Å². The number of aldehydes is 1. The average molecular weight is 192 g/mol. The quantitative estimate of drug-likeness (QED) is 0.626. The van der Waals surface area contributed by atoms with Crippen molar-refractivity contribution in [3.8, 4) is 0 Å². The molecule has 0 amide bonds. The number of carbonyl (C=O) groups excluding carboxylic acids is 1. The lowest BCUT2D eigenvalue weighted by molar-refractivity contribution is 0.111. The fraction of sp³-hybridized carbons (Fsp3) is 0.400. The zero-order valence-corrected chi connectivity index (χ0v) is 8.01. The summed E-state index contributed by atoms with van der Waals surface area (Å²) in [6.07, 6.45) is 2.36. The molecular weight excluding hydrogens is 180 g/mol. The minimum Gasteiger partial charge on any atom is -0.309 e. The standard InChI is InChI=1S/C10H12N2O2/c1-11-5-9(6-11)12-4-2-3-8(7-13)10(12)14/h2-4,7,9H,5-6H2,1H3. The van der Waals surface area contributed by atoms with E-state index < -0.39 is 0 Å². The molecule has 1 aliphatic heterocycles. The molecule has 74 valence electrons. The summed E-state index contributed by atoms with van der Waals surface area (Å²) in [5.41, 5.74) is 0.0580. The number of likely N-dealkylation sites (tertiary alicyclic amines) is 1. The Hall–Kier alpha value is -1.42. The Labute approximate surface area is 81.8 Å². The average Bonchev–Trinajstić information content (AvgIpc) is 2.14. The molecule has 4 nitrogen and oxygen atoms in total. The Morgan fingerprint density at radius 3 is 2.79 bits per heavy atom. The summed E-state index contributed by atoms with van der Waals surface area (Å²) in [6, 6.07) is 3.52. The molecule has 0 atom stereocenters. The molecule has 1 aromatic rings. The lowest BCUT2D eigenvalue weighted by atomic mass is 10.1. The Kier molecular flexibility index (Phi) is 2.21. The van der Waals surface area contributed by atoms with Gasteiger partial charge in [-0.3, -0.25) is 9.59 Å². The van der Waals surface area contributed by atoms with Gasteiger partial charge in [0.1, 0.15) is 0 Å². The third-order valence-electron chi connectivity index (χ3n) is 2.57. The van der Waals surface area contributed by atoms with E-state index in [1.165, 1.54) is 0 Å². The molecule has 14 heavy (non-hydrogen) atoms. The lowest BCUT2D eigenvalue weighted by Crippen LogP contribution is -2.48. The van der Waals surface area contributed by atoms with Gasteiger partial charge in [0.05, 0.1) is 11.6 Å². The van der Waals surface area contributed by atoms with Crippen molar-refractivity contribution in [3.63, 3.8) is 0 Å². The fourth-order valence-electron chi connectivity index (χ4n) is 1.75. The molecule has 0 radical (unpaired) electrons. The Bertz CT molecular complexity index is 405. The number of carbonyl (C=O) groups is 1. The SMILES string of the molecule is CN1CC(n2cccc(C=O)c2=O)C1. The third-order valence-corrected chi connectivity index (χ3v) is 2.57. The summed E-state index contributed by atoms with van der Waals surface area (Å²) in [6.45, 7) is 1.75. The van der Waals surface area contributed by atoms with Gasteiger partial charge in [0, 0.05) is 19.3 Å². The van der Waals surface area contributed by atoms with Gasteiger partial charge in [-0.15, -0.1) is 0 Å². The molecule has 1 aromatic heterocycles. The number of pyridine rings is 1. The van der Waals surface area contributed by atoms with Gasteiger partial charge in [-0.1, -0.05) is 0 Å². The zero-order chi connectivity index (χ0) is 10.1. The van der Waals surface area contributed by atoms with Gasteiger partial charge >= 0.3 is 0 Å². The lowest BCUT2D eigenvalue weighted by Gasteiger charge is -2.37. The monoisotopic (exact) mass is 192 g/mol. The van der Waals surface area contributed by atoms with Crippen molar-refractivity contribution in [1.29, 1.82) is 0 Å². The van der Waals surface area contributed by atoms with E-state index >= 15 is 0 Å². The second-order valence-electron chi connectivity index (χ2n) is 3.67. The molecule has 0 saturated carbocycles. The van der Waals surface area contributed by atoms with Crippen LogP contribution >= 0.6 is 0 Å². The molecule has 2 rings (SSSR count). The van der Waals surface area contributed by atoms with Crippen molar-refractivity contribution in [2.24, 2.45) is 0 Å². The van der Waals surface area contributed by atoms with Gasteiger partial charge in [-0.25, -0.2) is 0 Å². The second-order valence-corrected chi connectivity index (χ2v) is 3.67. The fourth-order valence-corrected chi connectivity index (χ4v) is 1.75.